The molecule has 0 radical (unpaired) electrons. The van der Waals surface area contributed by atoms with Gasteiger partial charge in [-0.2, -0.15) is 0 Å². The van der Waals surface area contributed by atoms with E-state index in [1.165, 1.54) is 9.87 Å². The van der Waals surface area contributed by atoms with Crippen LogP contribution in [0.1, 0.15) is 47.4 Å². The Kier molecular flexibility index (Phi) is 6.55. The van der Waals surface area contributed by atoms with Gasteiger partial charge >= 0.3 is 92.5 Å². The van der Waals surface area contributed by atoms with Crippen LogP contribution < -0.4 is 4.90 Å². The molecule has 0 bridgehead atoms. The molecular weight excluding hydrogens is 399 g/mol. The number of anilines is 1. The summed E-state index contributed by atoms with van der Waals surface area (Å²) in [6.45, 7) is 13.2. The minimum absolute atomic E-state index is 0.130. The third-order valence-electron chi connectivity index (χ3n) is 3.87. The number of fused-ring (bicyclic) bond motifs is 1. The molecule has 0 amide bonds. The maximum Gasteiger partial charge on any atom is 0.115 e. The molecule has 3 heterocycles. The smallest absolute Gasteiger partial charge is 0.115 e. The Balaban J connectivity index is 0.000000187. The van der Waals surface area contributed by atoms with Crippen LogP contribution in [0, 0.1) is 11.6 Å². The maximum absolute atomic E-state index is 4.62. The number of aryl methyl sites for hydroxylation is 1. The summed E-state index contributed by atoms with van der Waals surface area (Å²) in [5, 5.41) is 5.31. The predicted molar refractivity (Wildman–Crippen MR) is 111 cm³/mol. The SMILES string of the molecule is CN([C](=[V])C(C)(C)C)c1[c-]ncs1.Cn1c(C(C)(C)C)nc2cscc21. The Morgan fingerprint density at radius 3 is 2.31 bits per heavy atom. The fraction of sp³-hybridized carbons (Fsp3) is 0.526. The van der Waals surface area contributed by atoms with Crippen molar-refractivity contribution in [2.75, 3.05) is 11.9 Å². The molecule has 4 nitrogen and oxygen atoms in total. The van der Waals surface area contributed by atoms with E-state index in [2.05, 4.69) is 102 Å². The van der Waals surface area contributed by atoms with Crippen LogP contribution in [-0.4, -0.2) is 25.9 Å². The van der Waals surface area contributed by atoms with Crippen molar-refractivity contribution in [1.82, 2.24) is 14.5 Å². The summed E-state index contributed by atoms with van der Waals surface area (Å²) in [4.78, 5) is 10.7. The molecule has 0 N–H and O–H groups in total. The summed E-state index contributed by atoms with van der Waals surface area (Å²) in [7, 11) is 4.13. The summed E-state index contributed by atoms with van der Waals surface area (Å²) < 4.78 is 3.45. The zero-order valence-corrected chi connectivity index (χ0v) is 19.8. The van der Waals surface area contributed by atoms with Crippen LogP contribution in [0.25, 0.3) is 11.0 Å². The summed E-state index contributed by atoms with van der Waals surface area (Å²) in [5.41, 5.74) is 4.47. The topological polar surface area (TPSA) is 34.0 Å². The Hall–Kier alpha value is -0.946. The van der Waals surface area contributed by atoms with Crippen molar-refractivity contribution in [3.63, 3.8) is 0 Å². The Morgan fingerprint density at radius 1 is 1.19 bits per heavy atom. The monoisotopic (exact) mass is 426 g/mol. The van der Waals surface area contributed by atoms with Gasteiger partial charge in [0.25, 0.3) is 0 Å². The van der Waals surface area contributed by atoms with E-state index in [1.54, 1.807) is 28.2 Å². The minimum Gasteiger partial charge on any atom is -0.330 e. The van der Waals surface area contributed by atoms with Crippen molar-refractivity contribution in [2.45, 2.75) is 47.0 Å². The molecule has 0 aliphatic heterocycles. The zero-order valence-electron chi connectivity index (χ0n) is 16.8. The Labute approximate surface area is 173 Å². The maximum atomic E-state index is 4.62. The molecule has 0 aliphatic rings. The Bertz CT molecular complexity index is 864. The number of thiazole rings is 1. The number of rotatable bonds is 2. The number of aromatic nitrogens is 3. The first-order valence-corrected chi connectivity index (χ1v) is 11.0. The molecule has 7 heteroatoms. The number of thiophene rings is 1. The van der Waals surface area contributed by atoms with Crippen molar-refractivity contribution in [1.29, 1.82) is 0 Å². The first kappa shape index (κ1) is 21.4. The van der Waals surface area contributed by atoms with Crippen molar-refractivity contribution in [3.8, 4) is 0 Å². The van der Waals surface area contributed by atoms with E-state index in [1.807, 2.05) is 7.05 Å². The van der Waals surface area contributed by atoms with Gasteiger partial charge in [-0.3, -0.25) is 0 Å². The fourth-order valence-corrected chi connectivity index (χ4v) is 4.13. The molecule has 0 atom stereocenters. The van der Waals surface area contributed by atoms with E-state index in [0.29, 0.717) is 0 Å². The standard InChI is InChI=1S/C10H14N2S.C9H13N2S.V/c1-10(2,3)9-11-7-5-13-6-8(7)12(9)4;1-9(2,3)6-11(4)8-5-10-7-12-8;/h5-6H,1-4H3;7H,1-4H3;/q;-1;. The van der Waals surface area contributed by atoms with Gasteiger partial charge in [0.2, 0.25) is 0 Å². The quantitative estimate of drug-likeness (QED) is 0.539. The first-order chi connectivity index (χ1) is 11.9. The van der Waals surface area contributed by atoms with Crippen LogP contribution in [0.5, 0.6) is 0 Å². The van der Waals surface area contributed by atoms with Crippen LogP contribution >= 0.6 is 22.7 Å². The molecule has 0 unspecified atom stereocenters. The molecule has 0 fully saturated rings. The molecule has 3 aromatic heterocycles. The number of hydrogen-bond acceptors (Lipinski definition) is 5. The van der Waals surface area contributed by atoms with Gasteiger partial charge in [0.1, 0.15) is 5.82 Å². The van der Waals surface area contributed by atoms with Gasteiger partial charge in [0.05, 0.1) is 11.0 Å². The van der Waals surface area contributed by atoms with Gasteiger partial charge < -0.3 is 4.57 Å². The van der Waals surface area contributed by atoms with Crippen LogP contribution in [0.2, 0.25) is 0 Å². The van der Waals surface area contributed by atoms with E-state index in [9.17, 15) is 0 Å². The molecule has 0 aromatic carbocycles. The average molecular weight is 427 g/mol. The van der Waals surface area contributed by atoms with Gasteiger partial charge in [-0.05, 0) is 0 Å². The normalized spacial score (nSPS) is 12.0. The van der Waals surface area contributed by atoms with Crippen LogP contribution in [-0.2, 0) is 29.4 Å². The van der Waals surface area contributed by atoms with Crippen molar-refractivity contribution in [2.24, 2.45) is 12.5 Å². The average Bonchev–Trinajstić information content (AvgIpc) is 3.23. The second-order valence-corrected chi connectivity index (χ2v) is 10.5. The van der Waals surface area contributed by atoms with Crippen molar-refractivity contribution < 1.29 is 17.0 Å². The van der Waals surface area contributed by atoms with Gasteiger partial charge in [-0.1, -0.05) is 20.8 Å². The molecular formula is C19H27N4S2V-. The van der Waals surface area contributed by atoms with E-state index in [0.717, 1.165) is 16.3 Å². The van der Waals surface area contributed by atoms with E-state index in [-0.39, 0.29) is 10.8 Å². The van der Waals surface area contributed by atoms with Crippen molar-refractivity contribution in [3.05, 3.63) is 28.3 Å². The first-order valence-electron chi connectivity index (χ1n) is 8.43. The van der Waals surface area contributed by atoms with E-state index < -0.39 is 0 Å². The predicted octanol–water partition coefficient (Wildman–Crippen LogP) is 5.03. The molecule has 26 heavy (non-hydrogen) atoms. The molecule has 0 saturated carbocycles. The second-order valence-electron chi connectivity index (χ2n) is 8.29. The summed E-state index contributed by atoms with van der Waals surface area (Å²) in [6, 6.07) is 0. The zero-order chi connectivity index (χ0) is 19.7. The molecule has 3 aromatic rings. The molecule has 3 rings (SSSR count). The van der Waals surface area contributed by atoms with Gasteiger partial charge in [-0.15, -0.1) is 11.3 Å². The largest absolute Gasteiger partial charge is 0.330 e. The third-order valence-corrected chi connectivity index (χ3v) is 6.90. The third kappa shape index (κ3) is 4.86. The van der Waals surface area contributed by atoms with Crippen LogP contribution in [0.4, 0.5) is 5.00 Å². The van der Waals surface area contributed by atoms with Crippen LogP contribution in [0.15, 0.2) is 16.3 Å². The number of hydrogen-bond donors (Lipinski definition) is 0. The van der Waals surface area contributed by atoms with Gasteiger partial charge in [0.15, 0.2) is 0 Å². The van der Waals surface area contributed by atoms with Crippen LogP contribution in [0.3, 0.4) is 0 Å². The summed E-state index contributed by atoms with van der Waals surface area (Å²) in [6.07, 6.45) is 2.95. The Morgan fingerprint density at radius 2 is 1.85 bits per heavy atom. The molecule has 141 valence electrons. The second kappa shape index (κ2) is 7.97. The van der Waals surface area contributed by atoms with E-state index >= 15 is 0 Å². The fourth-order valence-electron chi connectivity index (χ4n) is 2.53. The van der Waals surface area contributed by atoms with E-state index in [4.69, 9.17) is 0 Å². The molecule has 0 saturated heterocycles. The number of imidazole rings is 1. The van der Waals surface area contributed by atoms with Gasteiger partial charge in [-0.25, -0.2) is 4.98 Å². The summed E-state index contributed by atoms with van der Waals surface area (Å²) >= 11 is 5.94. The molecule has 0 aliphatic carbocycles. The van der Waals surface area contributed by atoms with Crippen molar-refractivity contribution >= 4 is 43.1 Å². The summed E-state index contributed by atoms with van der Waals surface area (Å²) in [5.74, 6) is 1.16. The minimum atomic E-state index is 0.130. The molecule has 0 spiro atoms. The number of nitrogens with zero attached hydrogens (tertiary/aromatic N) is 4. The van der Waals surface area contributed by atoms with Gasteiger partial charge in [0, 0.05) is 23.2 Å².